The summed E-state index contributed by atoms with van der Waals surface area (Å²) in [6.45, 7) is 8.78. The zero-order chi connectivity index (χ0) is 9.84. The lowest BCUT2D eigenvalue weighted by Crippen LogP contribution is -1.88. The van der Waals surface area contributed by atoms with Crippen molar-refractivity contribution < 1.29 is 0 Å². The lowest BCUT2D eigenvalue weighted by Gasteiger charge is -2.01. The van der Waals surface area contributed by atoms with E-state index in [-0.39, 0.29) is 6.54 Å². The van der Waals surface area contributed by atoms with Crippen LogP contribution in [0, 0.1) is 24.8 Å². The molecule has 0 spiro atoms. The lowest BCUT2D eigenvalue weighted by molar-refractivity contribution is 1.23. The van der Waals surface area contributed by atoms with E-state index in [0.29, 0.717) is 10.6 Å². The smallest absolute Gasteiger partial charge is 0.241 e. The van der Waals surface area contributed by atoms with Gasteiger partial charge in [-0.15, -0.1) is 0 Å². The van der Waals surface area contributed by atoms with Crippen LogP contribution < -0.4 is 0 Å². The molecule has 0 N–H and O–H groups in total. The monoisotopic (exact) mass is 190 g/mol. The van der Waals surface area contributed by atoms with Gasteiger partial charge >= 0.3 is 0 Å². The molecule has 0 atom stereocenters. The fourth-order valence-corrected chi connectivity index (χ4v) is 1.28. The summed E-state index contributed by atoms with van der Waals surface area (Å²) in [7, 11) is 0. The molecule has 0 saturated heterocycles. The van der Waals surface area contributed by atoms with E-state index in [9.17, 15) is 0 Å². The van der Waals surface area contributed by atoms with Crippen molar-refractivity contribution in [2.45, 2.75) is 13.5 Å². The average molecular weight is 191 g/mol. The van der Waals surface area contributed by atoms with E-state index in [1.54, 1.807) is 12.1 Å². The first-order valence-electron chi connectivity index (χ1n) is 3.71. The van der Waals surface area contributed by atoms with Crippen LogP contribution in [0.3, 0.4) is 0 Å². The van der Waals surface area contributed by atoms with Crippen LogP contribution in [-0.4, -0.2) is 0 Å². The van der Waals surface area contributed by atoms with E-state index in [1.807, 2.05) is 13.0 Å². The predicted molar refractivity (Wildman–Crippen MR) is 51.2 cm³/mol. The van der Waals surface area contributed by atoms with Crippen LogP contribution in [0.25, 0.3) is 4.85 Å². The molecular formula is C10H7ClN2. The number of rotatable bonds is 1. The van der Waals surface area contributed by atoms with E-state index in [1.165, 1.54) is 0 Å². The Morgan fingerprint density at radius 1 is 1.62 bits per heavy atom. The molecule has 0 heterocycles. The van der Waals surface area contributed by atoms with Crippen molar-refractivity contribution in [2.75, 3.05) is 0 Å². The molecule has 0 aromatic heterocycles. The van der Waals surface area contributed by atoms with Gasteiger partial charge in [0.25, 0.3) is 0 Å². The minimum atomic E-state index is 0.231. The Morgan fingerprint density at radius 2 is 2.31 bits per heavy atom. The van der Waals surface area contributed by atoms with Gasteiger partial charge in [-0.3, -0.25) is 0 Å². The minimum Gasteiger partial charge on any atom is -0.312 e. The van der Waals surface area contributed by atoms with Gasteiger partial charge in [0, 0.05) is 0 Å². The first kappa shape index (κ1) is 9.58. The molecule has 0 aliphatic carbocycles. The van der Waals surface area contributed by atoms with Gasteiger partial charge in [0.1, 0.15) is 0 Å². The van der Waals surface area contributed by atoms with Gasteiger partial charge in [0.05, 0.1) is 22.2 Å². The second-order valence-corrected chi connectivity index (χ2v) is 3.07. The summed E-state index contributed by atoms with van der Waals surface area (Å²) in [6.07, 6.45) is 0. The highest BCUT2D eigenvalue weighted by atomic mass is 35.5. The zero-order valence-corrected chi connectivity index (χ0v) is 7.89. The van der Waals surface area contributed by atoms with Crippen molar-refractivity contribution in [1.82, 2.24) is 0 Å². The maximum absolute atomic E-state index is 8.68. The topological polar surface area (TPSA) is 28.1 Å². The third-order valence-corrected chi connectivity index (χ3v) is 2.25. The summed E-state index contributed by atoms with van der Waals surface area (Å²) >= 11 is 5.95. The third-order valence-electron chi connectivity index (χ3n) is 1.71. The minimum absolute atomic E-state index is 0.231. The highest BCUT2D eigenvalue weighted by Gasteiger charge is 2.07. The van der Waals surface area contributed by atoms with Gasteiger partial charge in [0.2, 0.25) is 6.54 Å². The molecule has 0 unspecified atom stereocenters. The number of nitriles is 1. The Balaban J connectivity index is 3.28. The highest BCUT2D eigenvalue weighted by molar-refractivity contribution is 6.32. The summed E-state index contributed by atoms with van der Waals surface area (Å²) in [6, 6.07) is 5.41. The fraction of sp³-hybridized carbons (Fsp3) is 0.200. The lowest BCUT2D eigenvalue weighted by atomic mass is 10.1. The number of aryl methyl sites for hydroxylation is 1. The van der Waals surface area contributed by atoms with Crippen LogP contribution in [0.5, 0.6) is 0 Å². The molecule has 0 aliphatic heterocycles. The average Bonchev–Trinajstić information content (AvgIpc) is 2.13. The molecule has 0 saturated carbocycles. The van der Waals surface area contributed by atoms with Crippen LogP contribution in [0.15, 0.2) is 12.1 Å². The van der Waals surface area contributed by atoms with Gasteiger partial charge in [-0.25, -0.2) is 6.57 Å². The first-order valence-corrected chi connectivity index (χ1v) is 4.09. The standard InChI is InChI=1S/C10H7ClN2/c1-7-3-8(5-12)4-9(6-13-2)10(7)11/h3-4H,6H2,1H3. The van der Waals surface area contributed by atoms with E-state index in [0.717, 1.165) is 11.1 Å². The maximum atomic E-state index is 8.68. The Labute approximate surface area is 82.2 Å². The van der Waals surface area contributed by atoms with Crippen molar-refractivity contribution >= 4 is 11.6 Å². The highest BCUT2D eigenvalue weighted by Crippen LogP contribution is 2.23. The molecule has 3 heteroatoms. The Kier molecular flexibility index (Phi) is 2.90. The predicted octanol–water partition coefficient (Wildman–Crippen LogP) is 2.94. The number of hydrogen-bond acceptors (Lipinski definition) is 1. The molecule has 0 aliphatic rings. The molecule has 64 valence electrons. The van der Waals surface area contributed by atoms with Crippen LogP contribution >= 0.6 is 11.6 Å². The zero-order valence-electron chi connectivity index (χ0n) is 7.13. The molecule has 2 nitrogen and oxygen atoms in total. The van der Waals surface area contributed by atoms with Gasteiger partial charge < -0.3 is 4.85 Å². The summed E-state index contributed by atoms with van der Waals surface area (Å²) in [5.41, 5.74) is 2.13. The molecule has 0 bridgehead atoms. The van der Waals surface area contributed by atoms with E-state index >= 15 is 0 Å². The van der Waals surface area contributed by atoms with Crippen LogP contribution in [0.2, 0.25) is 5.02 Å². The van der Waals surface area contributed by atoms with Crippen molar-refractivity contribution in [2.24, 2.45) is 0 Å². The van der Waals surface area contributed by atoms with Crippen LogP contribution in [-0.2, 0) is 6.54 Å². The van der Waals surface area contributed by atoms with Crippen molar-refractivity contribution in [1.29, 1.82) is 5.26 Å². The number of hydrogen-bond donors (Lipinski definition) is 0. The maximum Gasteiger partial charge on any atom is 0.241 e. The SMILES string of the molecule is [C-]#[N+]Cc1cc(C#N)cc(C)c1Cl. The molecule has 1 aromatic carbocycles. The number of halogens is 1. The molecular weight excluding hydrogens is 184 g/mol. The Bertz CT molecular complexity index is 410. The Morgan fingerprint density at radius 3 is 2.85 bits per heavy atom. The first-order chi connectivity index (χ1) is 6.19. The summed E-state index contributed by atoms with van der Waals surface area (Å²) in [5, 5.41) is 9.27. The van der Waals surface area contributed by atoms with Crippen molar-refractivity contribution in [3.8, 4) is 6.07 Å². The van der Waals surface area contributed by atoms with Crippen LogP contribution in [0.1, 0.15) is 16.7 Å². The second-order valence-electron chi connectivity index (χ2n) is 2.69. The largest absolute Gasteiger partial charge is 0.312 e. The van der Waals surface area contributed by atoms with Gasteiger partial charge in [-0.1, -0.05) is 11.6 Å². The van der Waals surface area contributed by atoms with Crippen molar-refractivity contribution in [3.63, 3.8) is 0 Å². The summed E-state index contributed by atoms with van der Waals surface area (Å²) in [5.74, 6) is 0. The van der Waals surface area contributed by atoms with Gasteiger partial charge in [-0.2, -0.15) is 5.26 Å². The van der Waals surface area contributed by atoms with Gasteiger partial charge in [0.15, 0.2) is 0 Å². The summed E-state index contributed by atoms with van der Waals surface area (Å²) in [4.78, 5) is 3.24. The van der Waals surface area contributed by atoms with E-state index in [2.05, 4.69) is 4.85 Å². The normalized spacial score (nSPS) is 8.92. The third kappa shape index (κ3) is 1.99. The van der Waals surface area contributed by atoms with Crippen molar-refractivity contribution in [3.05, 3.63) is 45.3 Å². The molecule has 1 aromatic rings. The van der Waals surface area contributed by atoms with E-state index < -0.39 is 0 Å². The molecule has 0 radical (unpaired) electrons. The second kappa shape index (κ2) is 3.94. The van der Waals surface area contributed by atoms with Crippen LogP contribution in [0.4, 0.5) is 0 Å². The quantitative estimate of drug-likeness (QED) is 0.626. The number of benzene rings is 1. The summed E-state index contributed by atoms with van der Waals surface area (Å²) < 4.78 is 0. The van der Waals surface area contributed by atoms with Gasteiger partial charge in [-0.05, 0) is 24.6 Å². The number of nitrogens with zero attached hydrogens (tertiary/aromatic N) is 2. The molecule has 13 heavy (non-hydrogen) atoms. The van der Waals surface area contributed by atoms with E-state index in [4.69, 9.17) is 23.4 Å². The fourth-order valence-electron chi connectivity index (χ4n) is 1.11. The molecule has 0 amide bonds. The molecule has 1 rings (SSSR count). The Hall–Kier alpha value is -1.51. The molecule has 0 fully saturated rings.